The first kappa shape index (κ1) is 14.5. The lowest BCUT2D eigenvalue weighted by Gasteiger charge is -2.30. The van der Waals surface area contributed by atoms with Gasteiger partial charge in [0.1, 0.15) is 6.54 Å². The number of carbonyl (C=O) groups excluding carboxylic acids is 1. The molecule has 0 bridgehead atoms. The Bertz CT molecular complexity index is 339. The number of hydrogen-bond donors (Lipinski definition) is 2. The van der Waals surface area contributed by atoms with Crippen LogP contribution in [0.5, 0.6) is 0 Å². The average Bonchev–Trinajstić information content (AvgIpc) is 2.57. The van der Waals surface area contributed by atoms with Crippen molar-refractivity contribution in [3.8, 4) is 0 Å². The maximum absolute atomic E-state index is 12.0. The summed E-state index contributed by atoms with van der Waals surface area (Å²) < 4.78 is 0. The number of hydrogen-bond acceptors (Lipinski definition) is 2. The molecule has 0 spiro atoms. The van der Waals surface area contributed by atoms with E-state index >= 15 is 0 Å². The van der Waals surface area contributed by atoms with Gasteiger partial charge in [-0.1, -0.05) is 26.3 Å². The van der Waals surface area contributed by atoms with Crippen LogP contribution in [0.15, 0.2) is 12.7 Å². The van der Waals surface area contributed by atoms with E-state index in [0.29, 0.717) is 0 Å². The molecule has 1 rings (SSSR count). The van der Waals surface area contributed by atoms with Crippen LogP contribution >= 0.6 is 0 Å². The zero-order valence-corrected chi connectivity index (χ0v) is 11.1. The van der Waals surface area contributed by atoms with Crippen LogP contribution in [0.25, 0.3) is 0 Å². The number of carboxylic acid groups (broad SMARTS) is 1. The molecule has 1 saturated carbocycles. The highest BCUT2D eigenvalue weighted by Gasteiger charge is 2.36. The van der Waals surface area contributed by atoms with Crippen molar-refractivity contribution in [3.05, 3.63) is 12.7 Å². The van der Waals surface area contributed by atoms with Crippen molar-refractivity contribution in [2.45, 2.75) is 39.2 Å². The second kappa shape index (κ2) is 5.89. The van der Waals surface area contributed by atoms with Gasteiger partial charge in [0, 0.05) is 12.6 Å². The molecule has 102 valence electrons. The summed E-state index contributed by atoms with van der Waals surface area (Å²) in [6, 6.07) is -0.205. The van der Waals surface area contributed by atoms with E-state index < -0.39 is 5.97 Å². The Labute approximate surface area is 108 Å². The van der Waals surface area contributed by atoms with Gasteiger partial charge in [-0.2, -0.15) is 0 Å². The summed E-state index contributed by atoms with van der Waals surface area (Å²) in [5.41, 5.74) is 0.0821. The van der Waals surface area contributed by atoms with Crippen LogP contribution in [-0.2, 0) is 4.79 Å². The Morgan fingerprint density at radius 1 is 1.56 bits per heavy atom. The van der Waals surface area contributed by atoms with E-state index in [1.165, 1.54) is 11.0 Å². The molecule has 1 aliphatic carbocycles. The maximum atomic E-state index is 12.0. The predicted octanol–water partition coefficient (Wildman–Crippen LogP) is 1.85. The van der Waals surface area contributed by atoms with Crippen molar-refractivity contribution in [3.63, 3.8) is 0 Å². The highest BCUT2D eigenvalue weighted by atomic mass is 16.4. The molecule has 0 saturated heterocycles. The van der Waals surface area contributed by atoms with Crippen LogP contribution in [0.2, 0.25) is 0 Å². The minimum Gasteiger partial charge on any atom is -0.480 e. The molecule has 1 unspecified atom stereocenters. The van der Waals surface area contributed by atoms with E-state index in [1.807, 2.05) is 0 Å². The number of nitrogens with one attached hydrogen (secondary N) is 1. The van der Waals surface area contributed by atoms with Crippen LogP contribution in [0, 0.1) is 5.41 Å². The fraction of sp³-hybridized carbons (Fsp3) is 0.692. The van der Waals surface area contributed by atoms with Crippen LogP contribution in [0.1, 0.15) is 33.1 Å². The van der Waals surface area contributed by atoms with E-state index in [9.17, 15) is 9.59 Å². The van der Waals surface area contributed by atoms with Gasteiger partial charge in [0.05, 0.1) is 0 Å². The summed E-state index contributed by atoms with van der Waals surface area (Å²) in [6.45, 7) is 7.73. The van der Waals surface area contributed by atoms with Crippen molar-refractivity contribution < 1.29 is 14.7 Å². The summed E-state index contributed by atoms with van der Waals surface area (Å²) >= 11 is 0. The van der Waals surface area contributed by atoms with Crippen molar-refractivity contribution >= 4 is 12.0 Å². The molecule has 0 heterocycles. The quantitative estimate of drug-likeness (QED) is 0.736. The average molecular weight is 254 g/mol. The first-order valence-electron chi connectivity index (χ1n) is 6.25. The molecular weight excluding hydrogens is 232 g/mol. The second-order valence-corrected chi connectivity index (χ2v) is 5.45. The molecule has 5 nitrogen and oxygen atoms in total. The lowest BCUT2D eigenvalue weighted by Crippen LogP contribution is -2.49. The first-order chi connectivity index (χ1) is 8.36. The van der Waals surface area contributed by atoms with E-state index in [4.69, 9.17) is 5.11 Å². The molecule has 1 fully saturated rings. The summed E-state index contributed by atoms with van der Waals surface area (Å²) in [7, 11) is 0. The molecule has 2 N–H and O–H groups in total. The second-order valence-electron chi connectivity index (χ2n) is 5.45. The Morgan fingerprint density at radius 2 is 2.22 bits per heavy atom. The first-order valence-corrected chi connectivity index (χ1v) is 6.25. The lowest BCUT2D eigenvalue weighted by atomic mass is 9.87. The van der Waals surface area contributed by atoms with Gasteiger partial charge in [0.2, 0.25) is 0 Å². The highest BCUT2D eigenvalue weighted by Crippen LogP contribution is 2.37. The molecular formula is C13H22N2O3. The Morgan fingerprint density at radius 3 is 2.67 bits per heavy atom. The highest BCUT2D eigenvalue weighted by molar-refractivity contribution is 5.80. The number of carbonyl (C=O) groups is 2. The van der Waals surface area contributed by atoms with Crippen LogP contribution in [-0.4, -0.2) is 41.1 Å². The van der Waals surface area contributed by atoms with Gasteiger partial charge in [-0.05, 0) is 18.3 Å². The number of rotatable bonds is 5. The van der Waals surface area contributed by atoms with Gasteiger partial charge in [-0.3, -0.25) is 4.79 Å². The number of nitrogens with zero attached hydrogens (tertiary/aromatic N) is 1. The lowest BCUT2D eigenvalue weighted by molar-refractivity contribution is -0.137. The molecule has 1 atom stereocenters. The summed E-state index contributed by atoms with van der Waals surface area (Å²) in [4.78, 5) is 24.0. The van der Waals surface area contributed by atoms with Crippen molar-refractivity contribution in [1.29, 1.82) is 0 Å². The summed E-state index contributed by atoms with van der Waals surface area (Å²) in [6.07, 6.45) is 4.66. The van der Waals surface area contributed by atoms with Gasteiger partial charge >= 0.3 is 12.0 Å². The SMILES string of the molecule is C=CCN(CC(=O)O)C(=O)NC1CCCC1(C)C. The van der Waals surface area contributed by atoms with Gasteiger partial charge in [-0.15, -0.1) is 6.58 Å². The molecule has 0 aromatic carbocycles. The van der Waals surface area contributed by atoms with Gasteiger partial charge in [-0.25, -0.2) is 4.79 Å². The Balaban J connectivity index is 2.60. The normalized spacial score (nSPS) is 21.3. The van der Waals surface area contributed by atoms with Crippen molar-refractivity contribution in [2.75, 3.05) is 13.1 Å². The fourth-order valence-corrected chi connectivity index (χ4v) is 2.37. The fourth-order valence-electron chi connectivity index (χ4n) is 2.37. The minimum absolute atomic E-state index is 0.0821. The van der Waals surface area contributed by atoms with Crippen LogP contribution in [0.4, 0.5) is 4.79 Å². The van der Waals surface area contributed by atoms with E-state index in [1.54, 1.807) is 0 Å². The number of carboxylic acids is 1. The molecule has 1 aliphatic rings. The topological polar surface area (TPSA) is 69.6 Å². The smallest absolute Gasteiger partial charge is 0.323 e. The van der Waals surface area contributed by atoms with Crippen LogP contribution < -0.4 is 5.32 Å². The monoisotopic (exact) mass is 254 g/mol. The van der Waals surface area contributed by atoms with Crippen molar-refractivity contribution in [2.24, 2.45) is 5.41 Å². The molecule has 0 aromatic heterocycles. The zero-order valence-electron chi connectivity index (χ0n) is 11.1. The number of urea groups is 1. The predicted molar refractivity (Wildman–Crippen MR) is 69.4 cm³/mol. The minimum atomic E-state index is -1.02. The van der Waals surface area contributed by atoms with Gasteiger partial charge in [0.25, 0.3) is 0 Å². The third kappa shape index (κ3) is 3.75. The van der Waals surface area contributed by atoms with E-state index in [-0.39, 0.29) is 30.6 Å². The molecule has 2 amide bonds. The third-order valence-electron chi connectivity index (χ3n) is 3.52. The number of amides is 2. The molecule has 0 radical (unpaired) electrons. The molecule has 18 heavy (non-hydrogen) atoms. The maximum Gasteiger partial charge on any atom is 0.323 e. The van der Waals surface area contributed by atoms with Crippen molar-refractivity contribution in [1.82, 2.24) is 10.2 Å². The van der Waals surface area contributed by atoms with Gasteiger partial charge < -0.3 is 15.3 Å². The molecule has 0 aliphatic heterocycles. The number of aliphatic carboxylic acids is 1. The summed E-state index contributed by atoms with van der Waals surface area (Å²) in [5.74, 6) is -1.02. The Hall–Kier alpha value is -1.52. The third-order valence-corrected chi connectivity index (χ3v) is 3.52. The summed E-state index contributed by atoms with van der Waals surface area (Å²) in [5, 5.41) is 11.7. The van der Waals surface area contributed by atoms with Gasteiger partial charge in [0.15, 0.2) is 0 Å². The van der Waals surface area contributed by atoms with E-state index in [2.05, 4.69) is 25.7 Å². The standard InChI is InChI=1S/C13H22N2O3/c1-4-8-15(9-11(16)17)12(18)14-10-6-5-7-13(10,2)3/h4,10H,1,5-9H2,2-3H3,(H,14,18)(H,16,17). The largest absolute Gasteiger partial charge is 0.480 e. The molecule has 0 aromatic rings. The van der Waals surface area contributed by atoms with E-state index in [0.717, 1.165) is 19.3 Å². The Kier molecular flexibility index (Phi) is 4.76. The van der Waals surface area contributed by atoms with Crippen LogP contribution in [0.3, 0.4) is 0 Å². The zero-order chi connectivity index (χ0) is 13.8. The molecule has 5 heteroatoms.